The Balaban J connectivity index is 1.65. The van der Waals surface area contributed by atoms with Crippen molar-refractivity contribution in [1.82, 2.24) is 19.4 Å². The summed E-state index contributed by atoms with van der Waals surface area (Å²) in [5.74, 6) is 0.741. The predicted molar refractivity (Wildman–Crippen MR) is 95.6 cm³/mol. The maximum absolute atomic E-state index is 12.8. The van der Waals surface area contributed by atoms with Gasteiger partial charge in [-0.25, -0.2) is 9.97 Å². The monoisotopic (exact) mass is 327 g/mol. The van der Waals surface area contributed by atoms with Gasteiger partial charge >= 0.3 is 0 Å². The zero-order valence-corrected chi connectivity index (χ0v) is 14.3. The number of fused-ring (bicyclic) bond motifs is 1. The molecule has 1 saturated heterocycles. The molecule has 1 saturated carbocycles. The van der Waals surface area contributed by atoms with Gasteiger partial charge in [-0.05, 0) is 26.0 Å². The Morgan fingerprint density at radius 3 is 2.58 bits per heavy atom. The van der Waals surface area contributed by atoms with Crippen molar-refractivity contribution in [3.05, 3.63) is 28.8 Å². The normalized spacial score (nSPS) is 20.6. The second-order valence-corrected chi connectivity index (χ2v) is 7.08. The summed E-state index contributed by atoms with van der Waals surface area (Å²) in [6, 6.07) is 2.32. The third kappa shape index (κ3) is 2.90. The molecule has 6 nitrogen and oxygen atoms in total. The molecule has 0 aromatic carbocycles. The van der Waals surface area contributed by atoms with E-state index in [1.807, 2.05) is 16.8 Å². The molecule has 2 aliphatic rings. The molecule has 0 atom stereocenters. The van der Waals surface area contributed by atoms with Crippen LogP contribution in [-0.4, -0.2) is 52.7 Å². The van der Waals surface area contributed by atoms with E-state index in [-0.39, 0.29) is 5.56 Å². The first-order valence-electron chi connectivity index (χ1n) is 9.04. The van der Waals surface area contributed by atoms with Crippen molar-refractivity contribution < 1.29 is 0 Å². The quantitative estimate of drug-likeness (QED) is 0.845. The molecule has 0 spiro atoms. The molecule has 1 aliphatic heterocycles. The second-order valence-electron chi connectivity index (χ2n) is 7.08. The molecule has 0 radical (unpaired) electrons. The van der Waals surface area contributed by atoms with E-state index in [1.165, 1.54) is 19.3 Å². The molecule has 1 aliphatic carbocycles. The number of hydrogen-bond acceptors (Lipinski definition) is 5. The van der Waals surface area contributed by atoms with Gasteiger partial charge in [-0.15, -0.1) is 0 Å². The van der Waals surface area contributed by atoms with Gasteiger partial charge in [0, 0.05) is 44.6 Å². The third-order valence-electron chi connectivity index (χ3n) is 5.42. The summed E-state index contributed by atoms with van der Waals surface area (Å²) in [5.41, 5.74) is 0.820. The summed E-state index contributed by atoms with van der Waals surface area (Å²) >= 11 is 0. The SMILES string of the molecule is CN1CCN(c2ncc3c(=O)n(C4CCCCC4)ccc3n2)CC1. The Morgan fingerprint density at radius 2 is 1.83 bits per heavy atom. The van der Waals surface area contributed by atoms with Crippen LogP contribution in [0.3, 0.4) is 0 Å². The van der Waals surface area contributed by atoms with Gasteiger partial charge in [0.25, 0.3) is 5.56 Å². The highest BCUT2D eigenvalue weighted by Crippen LogP contribution is 2.27. The molecule has 128 valence electrons. The molecule has 24 heavy (non-hydrogen) atoms. The molecule has 2 fully saturated rings. The van der Waals surface area contributed by atoms with Crippen LogP contribution < -0.4 is 10.5 Å². The summed E-state index contributed by atoms with van der Waals surface area (Å²) in [4.78, 5) is 26.5. The molecule has 4 rings (SSSR count). The van der Waals surface area contributed by atoms with Crippen molar-refractivity contribution >= 4 is 16.9 Å². The Morgan fingerprint density at radius 1 is 1.08 bits per heavy atom. The highest BCUT2D eigenvalue weighted by Gasteiger charge is 2.19. The lowest BCUT2D eigenvalue weighted by Gasteiger charge is -2.32. The van der Waals surface area contributed by atoms with Gasteiger partial charge in [0.2, 0.25) is 5.95 Å². The zero-order chi connectivity index (χ0) is 16.5. The molecule has 0 amide bonds. The van der Waals surface area contributed by atoms with Crippen molar-refractivity contribution in [2.45, 2.75) is 38.1 Å². The van der Waals surface area contributed by atoms with E-state index >= 15 is 0 Å². The smallest absolute Gasteiger partial charge is 0.261 e. The number of aromatic nitrogens is 3. The topological polar surface area (TPSA) is 54.3 Å². The number of pyridine rings is 1. The van der Waals surface area contributed by atoms with Gasteiger partial charge in [0.05, 0.1) is 10.9 Å². The van der Waals surface area contributed by atoms with E-state index in [0.29, 0.717) is 11.4 Å². The first kappa shape index (κ1) is 15.6. The van der Waals surface area contributed by atoms with E-state index < -0.39 is 0 Å². The average Bonchev–Trinajstić information content (AvgIpc) is 2.63. The highest BCUT2D eigenvalue weighted by atomic mass is 16.1. The van der Waals surface area contributed by atoms with E-state index in [9.17, 15) is 4.79 Å². The van der Waals surface area contributed by atoms with Gasteiger partial charge in [-0.3, -0.25) is 4.79 Å². The number of hydrogen-bond donors (Lipinski definition) is 0. The van der Waals surface area contributed by atoms with Crippen molar-refractivity contribution in [2.24, 2.45) is 0 Å². The van der Waals surface area contributed by atoms with Crippen molar-refractivity contribution in [3.63, 3.8) is 0 Å². The van der Waals surface area contributed by atoms with Crippen LogP contribution in [0.4, 0.5) is 5.95 Å². The minimum absolute atomic E-state index is 0.0596. The molecule has 0 N–H and O–H groups in total. The summed E-state index contributed by atoms with van der Waals surface area (Å²) in [7, 11) is 2.13. The maximum atomic E-state index is 12.8. The summed E-state index contributed by atoms with van der Waals surface area (Å²) in [5, 5.41) is 0.640. The molecule has 0 unspecified atom stereocenters. The Bertz CT molecular complexity index is 773. The minimum atomic E-state index is 0.0596. The lowest BCUT2D eigenvalue weighted by atomic mass is 9.95. The lowest BCUT2D eigenvalue weighted by molar-refractivity contribution is 0.311. The van der Waals surface area contributed by atoms with E-state index in [2.05, 4.69) is 26.8 Å². The van der Waals surface area contributed by atoms with Crippen molar-refractivity contribution in [2.75, 3.05) is 38.1 Å². The fraction of sp³-hybridized carbons (Fsp3) is 0.611. The number of nitrogens with zero attached hydrogens (tertiary/aromatic N) is 5. The van der Waals surface area contributed by atoms with Gasteiger partial charge in [0.15, 0.2) is 0 Å². The first-order valence-corrected chi connectivity index (χ1v) is 9.04. The van der Waals surface area contributed by atoms with Crippen LogP contribution in [0.2, 0.25) is 0 Å². The number of anilines is 1. The van der Waals surface area contributed by atoms with Gasteiger partial charge in [-0.2, -0.15) is 0 Å². The van der Waals surface area contributed by atoms with E-state index in [0.717, 1.165) is 50.5 Å². The van der Waals surface area contributed by atoms with Crippen LogP contribution >= 0.6 is 0 Å². The average molecular weight is 327 g/mol. The molecule has 0 bridgehead atoms. The molecule has 2 aromatic rings. The number of rotatable bonds is 2. The van der Waals surface area contributed by atoms with E-state index in [4.69, 9.17) is 0 Å². The third-order valence-corrected chi connectivity index (χ3v) is 5.42. The molecular weight excluding hydrogens is 302 g/mol. The Kier molecular flexibility index (Phi) is 4.22. The van der Waals surface area contributed by atoms with Gasteiger partial charge < -0.3 is 14.4 Å². The van der Waals surface area contributed by atoms with Crippen molar-refractivity contribution in [1.29, 1.82) is 0 Å². The van der Waals surface area contributed by atoms with Gasteiger partial charge in [-0.1, -0.05) is 19.3 Å². The summed E-state index contributed by atoms with van der Waals surface area (Å²) < 4.78 is 1.90. The summed E-state index contributed by atoms with van der Waals surface area (Å²) in [6.07, 6.45) is 9.58. The minimum Gasteiger partial charge on any atom is -0.338 e. The number of likely N-dealkylation sites (N-methyl/N-ethyl adjacent to an activating group) is 1. The number of piperazine rings is 1. The van der Waals surface area contributed by atoms with Crippen LogP contribution in [0.5, 0.6) is 0 Å². The fourth-order valence-corrected chi connectivity index (χ4v) is 3.84. The van der Waals surface area contributed by atoms with Crippen molar-refractivity contribution in [3.8, 4) is 0 Å². The molecular formula is C18H25N5O. The fourth-order valence-electron chi connectivity index (χ4n) is 3.84. The first-order chi connectivity index (χ1) is 11.7. The Labute approximate surface area is 142 Å². The zero-order valence-electron chi connectivity index (χ0n) is 14.3. The predicted octanol–water partition coefficient (Wildman–Crippen LogP) is 2.05. The molecule has 2 aromatic heterocycles. The molecule has 6 heteroatoms. The maximum Gasteiger partial charge on any atom is 0.261 e. The largest absolute Gasteiger partial charge is 0.338 e. The molecule has 3 heterocycles. The van der Waals surface area contributed by atoms with Crippen LogP contribution in [-0.2, 0) is 0 Å². The second kappa shape index (κ2) is 6.51. The van der Waals surface area contributed by atoms with Crippen LogP contribution in [0, 0.1) is 0 Å². The van der Waals surface area contributed by atoms with Gasteiger partial charge in [0.1, 0.15) is 0 Å². The summed E-state index contributed by atoms with van der Waals surface area (Å²) in [6.45, 7) is 3.90. The van der Waals surface area contributed by atoms with Crippen LogP contribution in [0.15, 0.2) is 23.3 Å². The standard InChI is InChI=1S/C18H25N5O/c1-21-9-11-22(12-10-21)18-19-13-15-16(20-18)7-8-23(17(15)24)14-5-3-2-4-6-14/h7-8,13-14H,2-6,9-12H2,1H3. The Hall–Kier alpha value is -1.95. The van der Waals surface area contributed by atoms with E-state index in [1.54, 1.807) is 6.20 Å². The lowest BCUT2D eigenvalue weighted by Crippen LogP contribution is -2.45. The van der Waals surface area contributed by atoms with Crippen LogP contribution in [0.1, 0.15) is 38.1 Å². The van der Waals surface area contributed by atoms with Crippen LogP contribution in [0.25, 0.3) is 10.9 Å². The highest BCUT2D eigenvalue weighted by molar-refractivity contribution is 5.77.